The molecule has 46 valence electrons. The molecule has 0 saturated carbocycles. The minimum absolute atomic E-state index is 0.656. The summed E-state index contributed by atoms with van der Waals surface area (Å²) in [6.45, 7) is 3.39. The molecule has 1 amide bonds. The second-order valence-electron chi connectivity index (χ2n) is 1.45. The first-order valence-corrected chi connectivity index (χ1v) is 2.10. The van der Waals surface area contributed by atoms with E-state index in [9.17, 15) is 4.79 Å². The van der Waals surface area contributed by atoms with Gasteiger partial charge in [0.05, 0.1) is 5.71 Å². The van der Waals surface area contributed by atoms with E-state index in [1.165, 1.54) is 0 Å². The van der Waals surface area contributed by atoms with Gasteiger partial charge in [0.1, 0.15) is 0 Å². The van der Waals surface area contributed by atoms with Crippen LogP contribution in [0.5, 0.6) is 0 Å². The van der Waals surface area contributed by atoms with Crippen molar-refractivity contribution in [2.75, 3.05) is 0 Å². The molecule has 0 bridgehead atoms. The van der Waals surface area contributed by atoms with E-state index in [1.807, 2.05) is 0 Å². The highest BCUT2D eigenvalue weighted by Crippen LogP contribution is 1.76. The molecule has 0 atom stereocenters. The van der Waals surface area contributed by atoms with E-state index >= 15 is 0 Å². The standard InChI is InChI=1S/C4H8N2O2/c1-3(2)6-8-4(5)7/h1-2H3,(H2,5,7). The van der Waals surface area contributed by atoms with Crippen molar-refractivity contribution >= 4 is 11.8 Å². The molecular weight excluding hydrogens is 108 g/mol. The van der Waals surface area contributed by atoms with Gasteiger partial charge in [0.2, 0.25) is 0 Å². The molecule has 4 nitrogen and oxygen atoms in total. The summed E-state index contributed by atoms with van der Waals surface area (Å²) < 4.78 is 0. The highest BCUT2D eigenvalue weighted by molar-refractivity contribution is 5.79. The molecule has 0 aromatic rings. The zero-order chi connectivity index (χ0) is 6.57. The lowest BCUT2D eigenvalue weighted by Gasteiger charge is -1.87. The molecule has 0 aromatic heterocycles. The lowest BCUT2D eigenvalue weighted by Crippen LogP contribution is -2.09. The summed E-state index contributed by atoms with van der Waals surface area (Å²) in [6, 6.07) is 0. The SMILES string of the molecule is CC(C)=NOC(N)=O. The van der Waals surface area contributed by atoms with Gasteiger partial charge in [0.15, 0.2) is 0 Å². The van der Waals surface area contributed by atoms with Crippen LogP contribution >= 0.6 is 0 Å². The van der Waals surface area contributed by atoms with Crippen LogP contribution in [0, 0.1) is 0 Å². The zero-order valence-corrected chi connectivity index (χ0v) is 4.84. The average Bonchev–Trinajstić information content (AvgIpc) is 1.61. The molecule has 0 radical (unpaired) electrons. The van der Waals surface area contributed by atoms with E-state index in [0.29, 0.717) is 5.71 Å². The van der Waals surface area contributed by atoms with Crippen molar-refractivity contribution in [2.45, 2.75) is 13.8 Å². The Morgan fingerprint density at radius 1 is 1.62 bits per heavy atom. The predicted octanol–water partition coefficient (Wildman–Crippen LogP) is 0.478. The van der Waals surface area contributed by atoms with Crippen molar-refractivity contribution in [1.29, 1.82) is 0 Å². The van der Waals surface area contributed by atoms with Gasteiger partial charge in [-0.15, -0.1) is 0 Å². The van der Waals surface area contributed by atoms with Crippen LogP contribution in [0.3, 0.4) is 0 Å². The van der Waals surface area contributed by atoms with Gasteiger partial charge >= 0.3 is 6.09 Å². The summed E-state index contributed by atoms with van der Waals surface area (Å²) in [6.07, 6.45) is -0.883. The molecule has 0 aliphatic carbocycles. The molecule has 0 unspecified atom stereocenters. The number of hydrogen-bond acceptors (Lipinski definition) is 3. The Morgan fingerprint density at radius 2 is 2.12 bits per heavy atom. The Hall–Kier alpha value is -1.06. The minimum atomic E-state index is -0.883. The van der Waals surface area contributed by atoms with E-state index in [-0.39, 0.29) is 0 Å². The number of nitrogens with two attached hydrogens (primary N) is 1. The largest absolute Gasteiger partial charge is 0.430 e. The number of carbonyl (C=O) groups excluding carboxylic acids is 1. The topological polar surface area (TPSA) is 64.7 Å². The maximum atomic E-state index is 9.80. The number of hydrogen-bond donors (Lipinski definition) is 1. The van der Waals surface area contributed by atoms with Gasteiger partial charge < -0.3 is 5.73 Å². The predicted molar refractivity (Wildman–Crippen MR) is 29.5 cm³/mol. The fraction of sp³-hybridized carbons (Fsp3) is 0.500. The molecule has 4 heteroatoms. The van der Waals surface area contributed by atoms with Gasteiger partial charge in [-0.1, -0.05) is 5.16 Å². The van der Waals surface area contributed by atoms with Crippen LogP contribution in [0.2, 0.25) is 0 Å². The summed E-state index contributed by atoms with van der Waals surface area (Å²) in [7, 11) is 0. The summed E-state index contributed by atoms with van der Waals surface area (Å²) in [5, 5.41) is 3.27. The van der Waals surface area contributed by atoms with Crippen molar-refractivity contribution in [1.82, 2.24) is 0 Å². The van der Waals surface area contributed by atoms with Gasteiger partial charge in [-0.2, -0.15) is 0 Å². The van der Waals surface area contributed by atoms with Gasteiger partial charge in [0, 0.05) is 0 Å². The van der Waals surface area contributed by atoms with Gasteiger partial charge in [-0.25, -0.2) is 4.79 Å². The van der Waals surface area contributed by atoms with Crippen molar-refractivity contribution in [3.63, 3.8) is 0 Å². The molecule has 0 spiro atoms. The molecule has 8 heavy (non-hydrogen) atoms. The van der Waals surface area contributed by atoms with Crippen molar-refractivity contribution in [3.8, 4) is 0 Å². The molecule has 0 rings (SSSR count). The van der Waals surface area contributed by atoms with Gasteiger partial charge in [0.25, 0.3) is 0 Å². The normalized spacial score (nSPS) is 7.75. The molecule has 0 heterocycles. The Balaban J connectivity index is 3.45. The second kappa shape index (κ2) is 3.01. The van der Waals surface area contributed by atoms with Crippen LogP contribution in [0.15, 0.2) is 5.16 Å². The zero-order valence-electron chi connectivity index (χ0n) is 4.84. The Morgan fingerprint density at radius 3 is 2.25 bits per heavy atom. The molecular formula is C4H8N2O2. The van der Waals surface area contributed by atoms with Crippen LogP contribution in [0.1, 0.15) is 13.8 Å². The molecule has 0 saturated heterocycles. The fourth-order valence-corrected chi connectivity index (χ4v) is 0.136. The third kappa shape index (κ3) is 4.94. The fourth-order valence-electron chi connectivity index (χ4n) is 0.136. The third-order valence-electron chi connectivity index (χ3n) is 0.318. The first-order valence-electron chi connectivity index (χ1n) is 2.10. The number of carbonyl (C=O) groups is 1. The summed E-state index contributed by atoms with van der Waals surface area (Å²) in [4.78, 5) is 13.8. The van der Waals surface area contributed by atoms with Gasteiger partial charge in [-0.3, -0.25) is 4.84 Å². The Kier molecular flexibility index (Phi) is 2.61. The lowest BCUT2D eigenvalue weighted by molar-refractivity contribution is 0.161. The molecule has 0 aliphatic heterocycles. The third-order valence-corrected chi connectivity index (χ3v) is 0.318. The van der Waals surface area contributed by atoms with E-state index in [0.717, 1.165) is 0 Å². The quantitative estimate of drug-likeness (QED) is 0.307. The van der Waals surface area contributed by atoms with Crippen LogP contribution in [0.25, 0.3) is 0 Å². The maximum Gasteiger partial charge on any atom is 0.430 e. The highest BCUT2D eigenvalue weighted by atomic mass is 16.7. The first-order chi connectivity index (χ1) is 3.63. The van der Waals surface area contributed by atoms with E-state index in [2.05, 4.69) is 15.7 Å². The lowest BCUT2D eigenvalue weighted by atomic mass is 10.5. The minimum Gasteiger partial charge on any atom is -0.333 e. The Bertz CT molecular complexity index is 115. The second-order valence-corrected chi connectivity index (χ2v) is 1.45. The van der Waals surface area contributed by atoms with Crippen molar-refractivity contribution in [3.05, 3.63) is 0 Å². The molecule has 2 N–H and O–H groups in total. The van der Waals surface area contributed by atoms with E-state index in [4.69, 9.17) is 0 Å². The van der Waals surface area contributed by atoms with Crippen LogP contribution in [0.4, 0.5) is 4.79 Å². The van der Waals surface area contributed by atoms with Crippen molar-refractivity contribution in [2.24, 2.45) is 10.9 Å². The maximum absolute atomic E-state index is 9.80. The number of oxime groups is 1. The van der Waals surface area contributed by atoms with Crippen LogP contribution in [-0.2, 0) is 4.84 Å². The van der Waals surface area contributed by atoms with E-state index < -0.39 is 6.09 Å². The van der Waals surface area contributed by atoms with Gasteiger partial charge in [-0.05, 0) is 13.8 Å². The van der Waals surface area contributed by atoms with Crippen molar-refractivity contribution < 1.29 is 9.63 Å². The first kappa shape index (κ1) is 6.94. The number of rotatable bonds is 1. The molecule has 0 fully saturated rings. The van der Waals surface area contributed by atoms with E-state index in [1.54, 1.807) is 13.8 Å². The molecule has 0 aromatic carbocycles. The monoisotopic (exact) mass is 116 g/mol. The summed E-state index contributed by atoms with van der Waals surface area (Å²) in [5.41, 5.74) is 5.23. The van der Waals surface area contributed by atoms with Crippen LogP contribution in [-0.4, -0.2) is 11.8 Å². The number of nitrogens with zero attached hydrogens (tertiary/aromatic N) is 1. The highest BCUT2D eigenvalue weighted by Gasteiger charge is 1.86. The Labute approximate surface area is 47.3 Å². The average molecular weight is 116 g/mol. The smallest absolute Gasteiger partial charge is 0.333 e. The van der Waals surface area contributed by atoms with Crippen LogP contribution < -0.4 is 5.73 Å². The molecule has 0 aliphatic rings. The summed E-state index contributed by atoms with van der Waals surface area (Å²) >= 11 is 0. The number of primary amides is 1. The summed E-state index contributed by atoms with van der Waals surface area (Å²) in [5.74, 6) is 0. The number of amides is 1.